The summed E-state index contributed by atoms with van der Waals surface area (Å²) in [7, 11) is -6.07. The van der Waals surface area contributed by atoms with Crippen LogP contribution in [0.4, 0.5) is 24.5 Å². The van der Waals surface area contributed by atoms with E-state index in [0.29, 0.717) is 37.1 Å². The minimum atomic E-state index is -6.07. The Balaban J connectivity index is 2.60. The Morgan fingerprint density at radius 2 is 2.00 bits per heavy atom. The van der Waals surface area contributed by atoms with Gasteiger partial charge in [0.25, 0.3) is 0 Å². The van der Waals surface area contributed by atoms with E-state index >= 15 is 0 Å². The molecule has 1 heterocycles. The maximum Gasteiger partial charge on any atom is 0.534 e. The Morgan fingerprint density at radius 1 is 1.36 bits per heavy atom. The highest BCUT2D eigenvalue weighted by Crippen LogP contribution is 2.42. The van der Waals surface area contributed by atoms with Crippen LogP contribution in [0.15, 0.2) is 0 Å². The fourth-order valence-electron chi connectivity index (χ4n) is 2.42. The van der Waals surface area contributed by atoms with Gasteiger partial charge in [-0.2, -0.15) is 21.6 Å². The zero-order chi connectivity index (χ0) is 19.0. The van der Waals surface area contributed by atoms with Crippen LogP contribution in [0.25, 0.3) is 0 Å². The molecule has 0 bridgehead atoms. The number of aromatic nitrogens is 1. The van der Waals surface area contributed by atoms with Crippen LogP contribution in [0, 0.1) is 16.0 Å². The van der Waals surface area contributed by atoms with Gasteiger partial charge in [-0.15, -0.1) is 0 Å². The van der Waals surface area contributed by atoms with Crippen LogP contribution in [0.2, 0.25) is 0 Å². The smallest absolute Gasteiger partial charge is 0.379 e. The van der Waals surface area contributed by atoms with E-state index in [4.69, 9.17) is 0 Å². The molecule has 0 unspecified atom stereocenters. The molecule has 12 heteroatoms. The van der Waals surface area contributed by atoms with Crippen LogP contribution in [-0.2, 0) is 23.0 Å². The molecule has 0 saturated heterocycles. The number of alkyl halides is 3. The highest BCUT2D eigenvalue weighted by molar-refractivity contribution is 7.88. The van der Waals surface area contributed by atoms with Crippen LogP contribution in [0.5, 0.6) is 5.88 Å². The van der Waals surface area contributed by atoms with Gasteiger partial charge in [0.15, 0.2) is 0 Å². The van der Waals surface area contributed by atoms with Crippen molar-refractivity contribution in [3.63, 3.8) is 0 Å². The van der Waals surface area contributed by atoms with Crippen molar-refractivity contribution in [1.29, 1.82) is 0 Å². The molecule has 1 aliphatic rings. The summed E-state index contributed by atoms with van der Waals surface area (Å²) < 4.78 is 64.1. The summed E-state index contributed by atoms with van der Waals surface area (Å²) in [6.07, 6.45) is 1.42. The standard InChI is InChI=1S/C13H16F3N3O5S/c1-7(2)6-17-10-8-4-3-5-9(8)18-12(11(10)19(20)21)24-25(22,23)13(14,15)16/h7H,3-6H2,1-2H3,(H,17,18). The van der Waals surface area contributed by atoms with E-state index in [1.807, 2.05) is 13.8 Å². The van der Waals surface area contributed by atoms with Crippen molar-refractivity contribution in [3.8, 4) is 5.88 Å². The number of anilines is 1. The molecule has 1 aliphatic carbocycles. The van der Waals surface area contributed by atoms with E-state index in [0.717, 1.165) is 0 Å². The van der Waals surface area contributed by atoms with Crippen LogP contribution in [0.1, 0.15) is 31.5 Å². The minimum absolute atomic E-state index is 0.0337. The van der Waals surface area contributed by atoms with Crippen molar-refractivity contribution in [2.45, 2.75) is 38.6 Å². The predicted octanol–water partition coefficient (Wildman–Crippen LogP) is 2.77. The summed E-state index contributed by atoms with van der Waals surface area (Å²) in [6.45, 7) is 3.99. The summed E-state index contributed by atoms with van der Waals surface area (Å²) in [5, 5.41) is 14.2. The average molecular weight is 383 g/mol. The lowest BCUT2D eigenvalue weighted by molar-refractivity contribution is -0.384. The van der Waals surface area contributed by atoms with E-state index in [1.165, 1.54) is 0 Å². The molecule has 1 N–H and O–H groups in total. The first-order valence-corrected chi connectivity index (χ1v) is 8.79. The molecule has 2 rings (SSSR count). The van der Waals surface area contributed by atoms with Crippen molar-refractivity contribution >= 4 is 21.5 Å². The van der Waals surface area contributed by atoms with Gasteiger partial charge in [0.1, 0.15) is 5.69 Å². The van der Waals surface area contributed by atoms with Crippen LogP contribution >= 0.6 is 0 Å². The van der Waals surface area contributed by atoms with E-state index in [-0.39, 0.29) is 11.6 Å². The van der Waals surface area contributed by atoms with E-state index in [1.54, 1.807) is 0 Å². The van der Waals surface area contributed by atoms with Crippen LogP contribution < -0.4 is 9.50 Å². The van der Waals surface area contributed by atoms with Crippen LogP contribution in [-0.4, -0.2) is 30.4 Å². The van der Waals surface area contributed by atoms with Crippen molar-refractivity contribution in [3.05, 3.63) is 21.4 Å². The van der Waals surface area contributed by atoms with E-state index in [9.17, 15) is 31.7 Å². The van der Waals surface area contributed by atoms with E-state index < -0.39 is 32.1 Å². The number of pyridine rings is 1. The van der Waals surface area contributed by atoms with Gasteiger partial charge in [0.05, 0.1) is 10.6 Å². The van der Waals surface area contributed by atoms with E-state index in [2.05, 4.69) is 14.5 Å². The maximum atomic E-state index is 12.6. The number of hydrogen-bond donors (Lipinski definition) is 1. The molecule has 140 valence electrons. The summed E-state index contributed by atoms with van der Waals surface area (Å²) in [6, 6.07) is 0. The molecule has 1 aromatic heterocycles. The second-order valence-electron chi connectivity index (χ2n) is 5.93. The molecule has 0 fully saturated rings. The van der Waals surface area contributed by atoms with Gasteiger partial charge < -0.3 is 9.50 Å². The molecule has 0 aromatic carbocycles. The molecule has 1 aromatic rings. The van der Waals surface area contributed by atoms with Crippen molar-refractivity contribution in [2.24, 2.45) is 5.92 Å². The van der Waals surface area contributed by atoms with Crippen molar-refractivity contribution in [1.82, 2.24) is 4.98 Å². The summed E-state index contributed by atoms with van der Waals surface area (Å²) >= 11 is 0. The Hall–Kier alpha value is -2.11. The average Bonchev–Trinajstić information content (AvgIpc) is 2.90. The van der Waals surface area contributed by atoms with Gasteiger partial charge in [-0.1, -0.05) is 13.8 Å². The number of nitro groups is 1. The highest BCUT2D eigenvalue weighted by Gasteiger charge is 2.50. The zero-order valence-corrected chi connectivity index (χ0v) is 14.2. The summed E-state index contributed by atoms with van der Waals surface area (Å²) in [5.74, 6) is -1.08. The highest BCUT2D eigenvalue weighted by atomic mass is 32.2. The Morgan fingerprint density at radius 3 is 2.52 bits per heavy atom. The predicted molar refractivity (Wildman–Crippen MR) is 81.8 cm³/mol. The molecule has 8 nitrogen and oxygen atoms in total. The number of aryl methyl sites for hydroxylation is 1. The summed E-state index contributed by atoms with van der Waals surface area (Å²) in [4.78, 5) is 14.1. The first kappa shape index (κ1) is 19.2. The Kier molecular flexibility index (Phi) is 5.11. The normalized spacial score (nSPS) is 14.5. The number of rotatable bonds is 6. The monoisotopic (exact) mass is 383 g/mol. The Labute approximate surface area is 141 Å². The molecule has 0 atom stereocenters. The maximum absolute atomic E-state index is 12.6. The fourth-order valence-corrected chi connectivity index (χ4v) is 2.84. The molecule has 0 radical (unpaired) electrons. The number of halogens is 3. The van der Waals surface area contributed by atoms with Gasteiger partial charge in [-0.3, -0.25) is 10.1 Å². The lowest BCUT2D eigenvalue weighted by atomic mass is 10.1. The van der Waals surface area contributed by atoms with Gasteiger partial charge >= 0.3 is 27.2 Å². The zero-order valence-electron chi connectivity index (χ0n) is 13.4. The topological polar surface area (TPSA) is 111 Å². The first-order valence-electron chi connectivity index (χ1n) is 7.38. The third kappa shape index (κ3) is 3.94. The number of nitrogens with one attached hydrogen (secondary N) is 1. The SMILES string of the molecule is CC(C)CNc1c2c(nc(OS(=O)(=O)C(F)(F)F)c1[N+](=O)[O-])CCC2. The molecule has 25 heavy (non-hydrogen) atoms. The molecule has 0 saturated carbocycles. The molecule has 0 amide bonds. The third-order valence-corrected chi connectivity index (χ3v) is 4.45. The largest absolute Gasteiger partial charge is 0.534 e. The van der Waals surface area contributed by atoms with Gasteiger partial charge in [-0.05, 0) is 25.2 Å². The lowest BCUT2D eigenvalue weighted by Gasteiger charge is -2.16. The van der Waals surface area contributed by atoms with Gasteiger partial charge in [0.2, 0.25) is 0 Å². The third-order valence-electron chi connectivity index (χ3n) is 3.51. The number of fused-ring (bicyclic) bond motifs is 1. The molecular formula is C13H16F3N3O5S. The Bertz CT molecular complexity index is 793. The lowest BCUT2D eigenvalue weighted by Crippen LogP contribution is -2.29. The molecule has 0 spiro atoms. The molecule has 0 aliphatic heterocycles. The van der Waals surface area contributed by atoms with Crippen molar-refractivity contribution in [2.75, 3.05) is 11.9 Å². The number of hydrogen-bond acceptors (Lipinski definition) is 7. The first-order chi connectivity index (χ1) is 11.4. The number of nitrogens with zero attached hydrogens (tertiary/aromatic N) is 2. The minimum Gasteiger partial charge on any atom is -0.379 e. The van der Waals surface area contributed by atoms with Gasteiger partial charge in [-0.25, -0.2) is 4.98 Å². The second kappa shape index (κ2) is 6.65. The van der Waals surface area contributed by atoms with Gasteiger partial charge in [0, 0.05) is 12.1 Å². The van der Waals surface area contributed by atoms with Crippen LogP contribution in [0.3, 0.4) is 0 Å². The fraction of sp³-hybridized carbons (Fsp3) is 0.615. The van der Waals surface area contributed by atoms with Crippen molar-refractivity contribution < 1.29 is 30.7 Å². The quantitative estimate of drug-likeness (QED) is 0.348. The molecular weight excluding hydrogens is 367 g/mol. The summed E-state index contributed by atoms with van der Waals surface area (Å²) in [5.41, 5.74) is -5.86. The second-order valence-corrected chi connectivity index (χ2v) is 7.47.